The summed E-state index contributed by atoms with van der Waals surface area (Å²) in [6.07, 6.45) is 4.69. The van der Waals surface area contributed by atoms with Gasteiger partial charge in [0.05, 0.1) is 0 Å². The Morgan fingerprint density at radius 1 is 0.889 bits per heavy atom. The van der Waals surface area contributed by atoms with E-state index in [0.29, 0.717) is 18.7 Å². The summed E-state index contributed by atoms with van der Waals surface area (Å²) in [6.45, 7) is 4.22. The number of carbonyl (C=O) groups is 2. The average Bonchev–Trinajstić information content (AvgIpc) is 3.38. The lowest BCUT2D eigenvalue weighted by molar-refractivity contribution is -0.143. The van der Waals surface area contributed by atoms with Crippen molar-refractivity contribution in [1.29, 1.82) is 0 Å². The summed E-state index contributed by atoms with van der Waals surface area (Å²) in [5, 5.41) is 3.24. The Morgan fingerprint density at radius 2 is 1.47 bits per heavy atom. The van der Waals surface area contributed by atoms with Gasteiger partial charge in [-0.1, -0.05) is 79.6 Å². The fraction of sp³-hybridized carbons (Fsp3) is 0.355. The van der Waals surface area contributed by atoms with E-state index in [-0.39, 0.29) is 24.5 Å². The van der Waals surface area contributed by atoms with Gasteiger partial charge in [0.2, 0.25) is 5.91 Å². The van der Waals surface area contributed by atoms with Crippen LogP contribution >= 0.6 is 0 Å². The first-order chi connectivity index (χ1) is 17.5. The van der Waals surface area contributed by atoms with Gasteiger partial charge < -0.3 is 15.0 Å². The molecule has 0 spiro atoms. The molecule has 1 N–H and O–H groups in total. The van der Waals surface area contributed by atoms with Crippen LogP contribution in [0.25, 0.3) is 0 Å². The van der Waals surface area contributed by atoms with Crippen molar-refractivity contribution in [1.82, 2.24) is 10.2 Å². The van der Waals surface area contributed by atoms with Crippen molar-refractivity contribution in [3.63, 3.8) is 0 Å². The Morgan fingerprint density at radius 3 is 2.08 bits per heavy atom. The molecule has 0 aromatic heterocycles. The molecular formula is C31H36N2O3. The van der Waals surface area contributed by atoms with Crippen LogP contribution in [0.3, 0.4) is 0 Å². The van der Waals surface area contributed by atoms with Gasteiger partial charge in [0.25, 0.3) is 5.91 Å². The molecule has 0 unspecified atom stereocenters. The molecule has 188 valence electrons. The lowest BCUT2D eigenvalue weighted by atomic mass is 10.0. The van der Waals surface area contributed by atoms with Crippen LogP contribution in [-0.2, 0) is 22.6 Å². The van der Waals surface area contributed by atoms with Gasteiger partial charge >= 0.3 is 0 Å². The zero-order valence-corrected chi connectivity index (χ0v) is 21.3. The number of hydrogen-bond acceptors (Lipinski definition) is 3. The summed E-state index contributed by atoms with van der Waals surface area (Å²) >= 11 is 0. The Kier molecular flexibility index (Phi) is 8.77. The SMILES string of the molecule is Cc1cc(C)cc(OCC(=O)N(Cc2ccccc2)[C@@H](Cc2ccccc2)C(=O)NC2CCCC2)c1. The minimum absolute atomic E-state index is 0.0959. The minimum Gasteiger partial charge on any atom is -0.484 e. The number of carbonyl (C=O) groups excluding carboxylic acids is 2. The van der Waals surface area contributed by atoms with Crippen molar-refractivity contribution in [2.45, 2.75) is 64.6 Å². The van der Waals surface area contributed by atoms with Crippen molar-refractivity contribution in [2.24, 2.45) is 0 Å². The van der Waals surface area contributed by atoms with E-state index in [0.717, 1.165) is 47.9 Å². The van der Waals surface area contributed by atoms with E-state index >= 15 is 0 Å². The molecule has 4 rings (SSSR count). The van der Waals surface area contributed by atoms with Crippen molar-refractivity contribution >= 4 is 11.8 Å². The third-order valence-corrected chi connectivity index (χ3v) is 6.73. The van der Waals surface area contributed by atoms with Crippen LogP contribution in [0.2, 0.25) is 0 Å². The first-order valence-corrected chi connectivity index (χ1v) is 12.9. The molecule has 5 nitrogen and oxygen atoms in total. The molecule has 2 amide bonds. The highest BCUT2D eigenvalue weighted by molar-refractivity contribution is 5.88. The Balaban J connectivity index is 1.60. The number of amides is 2. The monoisotopic (exact) mass is 484 g/mol. The second kappa shape index (κ2) is 12.4. The number of hydrogen-bond donors (Lipinski definition) is 1. The van der Waals surface area contributed by atoms with Crippen LogP contribution in [0.5, 0.6) is 5.75 Å². The quantitative estimate of drug-likeness (QED) is 0.420. The van der Waals surface area contributed by atoms with Crippen molar-refractivity contribution in [3.8, 4) is 5.75 Å². The van der Waals surface area contributed by atoms with E-state index in [2.05, 4.69) is 11.4 Å². The van der Waals surface area contributed by atoms with Crippen molar-refractivity contribution < 1.29 is 14.3 Å². The first-order valence-electron chi connectivity index (χ1n) is 12.9. The largest absolute Gasteiger partial charge is 0.484 e. The van der Waals surface area contributed by atoms with Gasteiger partial charge in [0, 0.05) is 19.0 Å². The molecule has 1 atom stereocenters. The number of ether oxygens (including phenoxy) is 1. The highest BCUT2D eigenvalue weighted by Gasteiger charge is 2.32. The van der Waals surface area contributed by atoms with Gasteiger partial charge in [0.1, 0.15) is 11.8 Å². The molecular weight excluding hydrogens is 448 g/mol. The zero-order valence-electron chi connectivity index (χ0n) is 21.3. The van der Waals surface area contributed by atoms with Crippen molar-refractivity contribution in [2.75, 3.05) is 6.61 Å². The molecule has 0 heterocycles. The number of rotatable bonds is 10. The van der Waals surface area contributed by atoms with Crippen LogP contribution in [0.1, 0.15) is 47.9 Å². The lowest BCUT2D eigenvalue weighted by Crippen LogP contribution is -2.53. The first kappa shape index (κ1) is 25.5. The molecule has 0 aliphatic heterocycles. The molecule has 0 bridgehead atoms. The van der Waals surface area contributed by atoms with Gasteiger partial charge in [-0.15, -0.1) is 0 Å². The standard InChI is InChI=1S/C31H36N2O3/c1-23-17-24(2)19-28(18-23)36-22-30(34)33(21-26-13-7-4-8-14-26)29(20-25-11-5-3-6-12-25)31(35)32-27-15-9-10-16-27/h3-8,11-14,17-19,27,29H,9-10,15-16,20-22H2,1-2H3,(H,32,35)/t29-/m0/s1. The molecule has 3 aromatic rings. The predicted molar refractivity (Wildman–Crippen MR) is 143 cm³/mol. The number of aryl methyl sites for hydroxylation is 2. The Bertz CT molecular complexity index is 1120. The van der Waals surface area contributed by atoms with Gasteiger partial charge in [0.15, 0.2) is 6.61 Å². The van der Waals surface area contributed by atoms with Gasteiger partial charge in [-0.2, -0.15) is 0 Å². The van der Waals surface area contributed by atoms with Crippen molar-refractivity contribution in [3.05, 3.63) is 101 Å². The molecule has 5 heteroatoms. The lowest BCUT2D eigenvalue weighted by Gasteiger charge is -2.32. The number of nitrogens with zero attached hydrogens (tertiary/aromatic N) is 1. The maximum absolute atomic E-state index is 13.7. The van der Waals surface area contributed by atoms with E-state index in [9.17, 15) is 9.59 Å². The third-order valence-electron chi connectivity index (χ3n) is 6.73. The summed E-state index contributed by atoms with van der Waals surface area (Å²) in [7, 11) is 0. The fourth-order valence-electron chi connectivity index (χ4n) is 4.95. The molecule has 0 radical (unpaired) electrons. The average molecular weight is 485 g/mol. The summed E-state index contributed by atoms with van der Waals surface area (Å²) in [5.41, 5.74) is 4.15. The predicted octanol–water partition coefficient (Wildman–Crippen LogP) is 5.38. The normalized spacial score (nSPS) is 14.3. The molecule has 3 aromatic carbocycles. The summed E-state index contributed by atoms with van der Waals surface area (Å²) in [6, 6.07) is 25.2. The second-order valence-electron chi connectivity index (χ2n) is 9.81. The fourth-order valence-corrected chi connectivity index (χ4v) is 4.95. The summed E-state index contributed by atoms with van der Waals surface area (Å²) in [5.74, 6) is 0.359. The molecule has 36 heavy (non-hydrogen) atoms. The smallest absolute Gasteiger partial charge is 0.261 e. The highest BCUT2D eigenvalue weighted by Crippen LogP contribution is 2.21. The molecule has 1 fully saturated rings. The molecule has 1 saturated carbocycles. The number of benzene rings is 3. The maximum atomic E-state index is 13.7. The van der Waals surface area contributed by atoms with Gasteiger partial charge in [-0.25, -0.2) is 0 Å². The van der Waals surface area contributed by atoms with Crippen LogP contribution in [0.4, 0.5) is 0 Å². The maximum Gasteiger partial charge on any atom is 0.261 e. The molecule has 1 aliphatic rings. The van der Waals surface area contributed by atoms with Crippen LogP contribution in [-0.4, -0.2) is 35.4 Å². The summed E-state index contributed by atoms with van der Waals surface area (Å²) < 4.78 is 5.94. The molecule has 1 aliphatic carbocycles. The Hall–Kier alpha value is -3.60. The van der Waals surface area contributed by atoms with E-state index < -0.39 is 6.04 Å². The Labute approximate surface area is 214 Å². The number of nitrogens with one attached hydrogen (secondary N) is 1. The van der Waals surface area contributed by atoms with E-state index in [1.165, 1.54) is 0 Å². The summed E-state index contributed by atoms with van der Waals surface area (Å²) in [4.78, 5) is 29.0. The minimum atomic E-state index is -0.636. The zero-order chi connectivity index (χ0) is 25.3. The highest BCUT2D eigenvalue weighted by atomic mass is 16.5. The van der Waals surface area contributed by atoms with Crippen LogP contribution in [0, 0.1) is 13.8 Å². The van der Waals surface area contributed by atoms with Crippen LogP contribution < -0.4 is 10.1 Å². The van der Waals surface area contributed by atoms with E-state index in [1.807, 2.05) is 86.6 Å². The van der Waals surface area contributed by atoms with E-state index in [1.54, 1.807) is 4.90 Å². The van der Waals surface area contributed by atoms with Gasteiger partial charge in [-0.3, -0.25) is 9.59 Å². The van der Waals surface area contributed by atoms with Crippen LogP contribution in [0.15, 0.2) is 78.9 Å². The second-order valence-corrected chi connectivity index (χ2v) is 9.81. The topological polar surface area (TPSA) is 58.6 Å². The third kappa shape index (κ3) is 7.20. The van der Waals surface area contributed by atoms with Gasteiger partial charge in [-0.05, 0) is 61.1 Å². The van der Waals surface area contributed by atoms with E-state index in [4.69, 9.17) is 4.74 Å². The molecule has 0 saturated heterocycles.